The normalized spacial score (nSPS) is 16.4. The first-order chi connectivity index (χ1) is 12.9. The fourth-order valence-corrected chi connectivity index (χ4v) is 2.85. The van der Waals surface area contributed by atoms with Crippen molar-refractivity contribution < 1.29 is 9.47 Å². The highest BCUT2D eigenvalue weighted by atomic mass is 16.6. The van der Waals surface area contributed by atoms with Gasteiger partial charge in [0.15, 0.2) is 0 Å². The fourth-order valence-electron chi connectivity index (χ4n) is 2.85. The molecule has 26 heavy (non-hydrogen) atoms. The third-order valence-electron chi connectivity index (χ3n) is 4.48. The van der Waals surface area contributed by atoms with Crippen LogP contribution in [0.15, 0.2) is 61.2 Å². The Morgan fingerprint density at radius 3 is 2.62 bits per heavy atom. The summed E-state index contributed by atoms with van der Waals surface area (Å²) >= 11 is 0. The predicted molar refractivity (Wildman–Crippen MR) is 111 cm³/mol. The number of epoxide rings is 1. The highest BCUT2D eigenvalue weighted by Crippen LogP contribution is 2.18. The van der Waals surface area contributed by atoms with E-state index in [0.29, 0.717) is 12.7 Å². The van der Waals surface area contributed by atoms with Gasteiger partial charge in [-0.15, -0.1) is 6.58 Å². The van der Waals surface area contributed by atoms with Crippen molar-refractivity contribution in [1.82, 2.24) is 0 Å². The van der Waals surface area contributed by atoms with Gasteiger partial charge in [-0.3, -0.25) is 0 Å². The van der Waals surface area contributed by atoms with E-state index in [9.17, 15) is 0 Å². The van der Waals surface area contributed by atoms with E-state index in [0.717, 1.165) is 31.6 Å². The molecule has 2 nitrogen and oxygen atoms in total. The van der Waals surface area contributed by atoms with Gasteiger partial charge in [-0.1, -0.05) is 61.8 Å². The molecule has 0 aromatic heterocycles. The maximum absolute atomic E-state index is 5.75. The second-order valence-electron chi connectivity index (χ2n) is 6.92. The topological polar surface area (TPSA) is 21.8 Å². The molecule has 1 fully saturated rings. The van der Waals surface area contributed by atoms with Crippen molar-refractivity contribution in [2.24, 2.45) is 0 Å². The maximum Gasteiger partial charge on any atom is 0.119 e. The van der Waals surface area contributed by atoms with Crippen LogP contribution in [-0.2, 0) is 11.2 Å². The Morgan fingerprint density at radius 1 is 1.00 bits per heavy atom. The number of benzene rings is 1. The van der Waals surface area contributed by atoms with Gasteiger partial charge in [0.25, 0.3) is 0 Å². The lowest BCUT2D eigenvalue weighted by Crippen LogP contribution is -2.04. The fraction of sp³-hybridized carbons (Fsp3) is 0.500. The minimum Gasteiger partial charge on any atom is -0.491 e. The quantitative estimate of drug-likeness (QED) is 0.206. The molecule has 0 N–H and O–H groups in total. The number of unbranched alkanes of at least 4 members (excludes halogenated alkanes) is 5. The van der Waals surface area contributed by atoms with Crippen molar-refractivity contribution in [2.75, 3.05) is 13.2 Å². The Hall–Kier alpha value is -1.80. The highest BCUT2D eigenvalue weighted by molar-refractivity contribution is 5.28. The number of rotatable bonds is 15. The molecular weight excluding hydrogens is 320 g/mol. The standard InChI is InChI=1S/C24H34O2/c1-2-3-4-5-6-7-8-9-10-11-12-13-14-16-22-17-15-18-23(19-22)25-20-24-21-26-24/h2,4-5,7-8,15,17-19,24H,1,3,6,9-14,16,20-21H2/b5-4+,8-7+. The van der Waals surface area contributed by atoms with Crippen LogP contribution < -0.4 is 4.74 Å². The molecule has 0 amide bonds. The van der Waals surface area contributed by atoms with Crippen LogP contribution in [0, 0.1) is 0 Å². The molecule has 0 bridgehead atoms. The van der Waals surface area contributed by atoms with Crippen LogP contribution in [0.25, 0.3) is 0 Å². The Labute approximate surface area is 159 Å². The van der Waals surface area contributed by atoms with Gasteiger partial charge in [0.2, 0.25) is 0 Å². The molecule has 1 aromatic carbocycles. The van der Waals surface area contributed by atoms with E-state index < -0.39 is 0 Å². The minimum absolute atomic E-state index is 0.322. The summed E-state index contributed by atoms with van der Waals surface area (Å²) in [5, 5.41) is 0. The first-order valence-corrected chi connectivity index (χ1v) is 10.1. The summed E-state index contributed by atoms with van der Waals surface area (Å²) in [6.07, 6.45) is 22.1. The van der Waals surface area contributed by atoms with Gasteiger partial charge in [-0.05, 0) is 56.2 Å². The van der Waals surface area contributed by atoms with E-state index in [1.165, 1.54) is 44.1 Å². The molecule has 0 aliphatic carbocycles. The predicted octanol–water partition coefficient (Wildman–Crippen LogP) is 6.43. The molecular formula is C24H34O2. The number of hydrogen-bond donors (Lipinski definition) is 0. The van der Waals surface area contributed by atoms with Gasteiger partial charge in [0.05, 0.1) is 6.61 Å². The Morgan fingerprint density at radius 2 is 1.77 bits per heavy atom. The molecule has 0 radical (unpaired) electrons. The second kappa shape index (κ2) is 13.4. The summed E-state index contributed by atoms with van der Waals surface area (Å²) < 4.78 is 10.9. The smallest absolute Gasteiger partial charge is 0.119 e. The van der Waals surface area contributed by atoms with Gasteiger partial charge in [-0.25, -0.2) is 0 Å². The van der Waals surface area contributed by atoms with Crippen LogP contribution in [0.2, 0.25) is 0 Å². The van der Waals surface area contributed by atoms with Gasteiger partial charge in [0.1, 0.15) is 18.5 Å². The van der Waals surface area contributed by atoms with Crippen LogP contribution in [0.4, 0.5) is 0 Å². The van der Waals surface area contributed by atoms with Gasteiger partial charge in [0, 0.05) is 0 Å². The first kappa shape index (κ1) is 20.5. The van der Waals surface area contributed by atoms with Crippen LogP contribution in [-0.4, -0.2) is 19.3 Å². The molecule has 1 heterocycles. The summed E-state index contributed by atoms with van der Waals surface area (Å²) in [5.74, 6) is 0.976. The van der Waals surface area contributed by atoms with E-state index in [4.69, 9.17) is 9.47 Å². The zero-order chi connectivity index (χ0) is 18.3. The zero-order valence-corrected chi connectivity index (χ0v) is 16.1. The molecule has 1 atom stereocenters. The number of allylic oxidation sites excluding steroid dienone is 5. The van der Waals surface area contributed by atoms with Crippen molar-refractivity contribution in [3.05, 3.63) is 66.8 Å². The average Bonchev–Trinajstić information content (AvgIpc) is 3.49. The van der Waals surface area contributed by atoms with E-state index in [1.807, 2.05) is 12.1 Å². The summed E-state index contributed by atoms with van der Waals surface area (Å²) in [4.78, 5) is 0. The lowest BCUT2D eigenvalue weighted by atomic mass is 10.0. The Kier molecular flexibility index (Phi) is 10.6. The summed E-state index contributed by atoms with van der Waals surface area (Å²) in [6, 6.07) is 8.51. The lowest BCUT2D eigenvalue weighted by Gasteiger charge is -2.07. The summed E-state index contributed by atoms with van der Waals surface area (Å²) in [5.41, 5.74) is 1.38. The number of ether oxygens (including phenoxy) is 2. The van der Waals surface area contributed by atoms with E-state index in [1.54, 1.807) is 0 Å². The summed E-state index contributed by atoms with van der Waals surface area (Å²) in [7, 11) is 0. The second-order valence-corrected chi connectivity index (χ2v) is 6.92. The first-order valence-electron chi connectivity index (χ1n) is 10.1. The van der Waals surface area contributed by atoms with Gasteiger partial charge >= 0.3 is 0 Å². The summed E-state index contributed by atoms with van der Waals surface area (Å²) in [6.45, 7) is 5.24. The molecule has 142 valence electrons. The molecule has 1 aliphatic heterocycles. The number of aryl methyl sites for hydroxylation is 1. The van der Waals surface area contributed by atoms with E-state index in [-0.39, 0.29) is 0 Å². The number of hydrogen-bond acceptors (Lipinski definition) is 2. The lowest BCUT2D eigenvalue weighted by molar-refractivity contribution is 0.263. The van der Waals surface area contributed by atoms with Gasteiger partial charge in [-0.2, -0.15) is 0 Å². The monoisotopic (exact) mass is 354 g/mol. The molecule has 2 heteroatoms. The molecule has 2 rings (SSSR count). The van der Waals surface area contributed by atoms with E-state index >= 15 is 0 Å². The third kappa shape index (κ3) is 10.2. The third-order valence-corrected chi connectivity index (χ3v) is 4.48. The molecule has 1 aromatic rings. The molecule has 1 saturated heterocycles. The minimum atomic E-state index is 0.322. The van der Waals surface area contributed by atoms with Crippen LogP contribution in [0.1, 0.15) is 56.9 Å². The van der Waals surface area contributed by atoms with Crippen molar-refractivity contribution in [3.63, 3.8) is 0 Å². The van der Waals surface area contributed by atoms with E-state index in [2.05, 4.69) is 49.1 Å². The maximum atomic E-state index is 5.75. The Balaban J connectivity index is 1.44. The zero-order valence-electron chi connectivity index (χ0n) is 16.1. The molecule has 1 aliphatic rings. The largest absolute Gasteiger partial charge is 0.491 e. The SMILES string of the molecule is C=CC/C=C/C/C=C/CCCCCCCc1cccc(OCC2CO2)c1. The molecule has 0 spiro atoms. The van der Waals surface area contributed by atoms with Gasteiger partial charge < -0.3 is 9.47 Å². The molecule has 0 saturated carbocycles. The van der Waals surface area contributed by atoms with Crippen LogP contribution in [0.3, 0.4) is 0 Å². The van der Waals surface area contributed by atoms with Crippen molar-refractivity contribution >= 4 is 0 Å². The average molecular weight is 355 g/mol. The van der Waals surface area contributed by atoms with Crippen LogP contribution in [0.5, 0.6) is 5.75 Å². The van der Waals surface area contributed by atoms with Crippen molar-refractivity contribution in [1.29, 1.82) is 0 Å². The van der Waals surface area contributed by atoms with Crippen LogP contribution >= 0.6 is 0 Å². The van der Waals surface area contributed by atoms with Crippen molar-refractivity contribution in [3.8, 4) is 5.75 Å². The Bertz CT molecular complexity index is 555. The highest BCUT2D eigenvalue weighted by Gasteiger charge is 2.22. The molecule has 1 unspecified atom stereocenters. The van der Waals surface area contributed by atoms with Crippen molar-refractivity contribution in [2.45, 2.75) is 63.9 Å².